The third-order valence-corrected chi connectivity index (χ3v) is 7.87. The van der Waals surface area contributed by atoms with Gasteiger partial charge < -0.3 is 29.3 Å². The lowest BCUT2D eigenvalue weighted by Crippen LogP contribution is -2.41. The molecule has 210 valence electrons. The number of carboxylic acids is 1. The molecule has 2 aliphatic rings. The number of benzene rings is 1. The van der Waals surface area contributed by atoms with E-state index in [1.165, 1.54) is 24.3 Å². The lowest BCUT2D eigenvalue weighted by Gasteiger charge is -2.36. The van der Waals surface area contributed by atoms with E-state index < -0.39 is 34.6 Å². The number of aromatic nitrogens is 2. The number of oxazole rings is 1. The van der Waals surface area contributed by atoms with E-state index in [0.29, 0.717) is 42.5 Å². The van der Waals surface area contributed by atoms with Crippen LogP contribution in [0, 0.1) is 24.5 Å². The molecule has 1 unspecified atom stereocenters. The number of hydrogen-bond acceptors (Lipinski definition) is 11. The molecule has 0 bridgehead atoms. The number of halogens is 3. The van der Waals surface area contributed by atoms with Gasteiger partial charge >= 0.3 is 5.97 Å². The van der Waals surface area contributed by atoms with Crippen molar-refractivity contribution in [2.45, 2.75) is 32.7 Å². The molecule has 1 fully saturated rings. The molecule has 0 radical (unpaired) electrons. The summed E-state index contributed by atoms with van der Waals surface area (Å²) in [7, 11) is 0. The normalized spacial score (nSPS) is 18.0. The molecule has 10 nitrogen and oxygen atoms in total. The van der Waals surface area contributed by atoms with Crippen molar-refractivity contribution in [3.05, 3.63) is 73.7 Å². The summed E-state index contributed by atoms with van der Waals surface area (Å²) >= 11 is 7.56. The number of aromatic carboxylic acids is 1. The van der Waals surface area contributed by atoms with Crippen LogP contribution in [-0.4, -0.2) is 47.4 Å². The summed E-state index contributed by atoms with van der Waals surface area (Å²) in [6.07, 6.45) is 2.62. The number of hydrogen-bond donors (Lipinski definition) is 1. The van der Waals surface area contributed by atoms with Gasteiger partial charge in [0.25, 0.3) is 6.01 Å². The Morgan fingerprint density at radius 2 is 2.05 bits per heavy atom. The van der Waals surface area contributed by atoms with Crippen LogP contribution in [0.4, 0.5) is 14.8 Å². The molecular weight excluding hydrogens is 568 g/mol. The topological polar surface area (TPSA) is 133 Å². The lowest BCUT2D eigenvalue weighted by atomic mass is 9.85. The summed E-state index contributed by atoms with van der Waals surface area (Å²) in [5, 5.41) is 16.4. The maximum absolute atomic E-state index is 14.6. The zero-order valence-electron chi connectivity index (χ0n) is 21.4. The fourth-order valence-electron chi connectivity index (χ4n) is 4.81. The number of thiazole rings is 1. The highest BCUT2D eigenvalue weighted by molar-refractivity contribution is 7.11. The minimum absolute atomic E-state index is 0.0830. The van der Waals surface area contributed by atoms with E-state index in [0.717, 1.165) is 6.07 Å². The Labute approximate surface area is 236 Å². The first kappa shape index (κ1) is 27.7. The molecule has 40 heavy (non-hydrogen) atoms. The van der Waals surface area contributed by atoms with E-state index in [1.54, 1.807) is 18.5 Å². The summed E-state index contributed by atoms with van der Waals surface area (Å²) in [6.45, 7) is 4.13. The predicted molar refractivity (Wildman–Crippen MR) is 140 cm³/mol. The van der Waals surface area contributed by atoms with E-state index in [-0.39, 0.29) is 41.1 Å². The first-order valence-corrected chi connectivity index (χ1v) is 13.7. The number of esters is 1. The smallest absolute Gasteiger partial charge is 0.338 e. The number of carbonyl (C=O) groups excluding carboxylic acids is 2. The highest BCUT2D eigenvalue weighted by Gasteiger charge is 2.38. The molecule has 0 amide bonds. The second kappa shape index (κ2) is 11.3. The van der Waals surface area contributed by atoms with Gasteiger partial charge in [0.05, 0.1) is 22.9 Å². The third kappa shape index (κ3) is 5.18. The SMILES string of the molecule is CCOC(=O)C1=C(C2CCN(c3nc(C)c(C(=O)[O-])o3)CC2)NC(c2nccs2)=NC1c1ccc(F)c(F)c1Cl. The number of rotatable bonds is 7. The number of piperidine rings is 1. The van der Waals surface area contributed by atoms with Crippen LogP contribution < -0.4 is 15.3 Å². The van der Waals surface area contributed by atoms with Crippen molar-refractivity contribution < 1.29 is 32.6 Å². The largest absolute Gasteiger partial charge is 0.541 e. The Morgan fingerprint density at radius 3 is 2.67 bits per heavy atom. The van der Waals surface area contributed by atoms with Crippen molar-refractivity contribution in [1.82, 2.24) is 15.3 Å². The van der Waals surface area contributed by atoms with E-state index in [9.17, 15) is 23.5 Å². The van der Waals surface area contributed by atoms with Gasteiger partial charge in [0.15, 0.2) is 28.2 Å². The second-order valence-electron chi connectivity index (χ2n) is 9.11. The summed E-state index contributed by atoms with van der Waals surface area (Å²) in [4.78, 5) is 39.7. The van der Waals surface area contributed by atoms with Crippen LogP contribution in [0.1, 0.15) is 52.6 Å². The Kier molecular flexibility index (Phi) is 7.86. The van der Waals surface area contributed by atoms with Crippen LogP contribution in [-0.2, 0) is 9.53 Å². The molecule has 0 spiro atoms. The number of carboxylic acid groups (broad SMARTS) is 1. The number of allylic oxidation sites excluding steroid dienone is 1. The van der Waals surface area contributed by atoms with Crippen LogP contribution in [0.15, 0.2) is 44.4 Å². The standard InChI is InChI=1S/C26H24ClF2N5O5S/c1-3-38-25(37)16-19(13-6-9-34(10-7-13)26-31-12(2)21(39-26)24(35)36)32-22(23-30-8-11-40-23)33-20(16)14-4-5-15(28)18(29)17(14)27/h4-5,8,11,13,20H,3,6-7,9-10H2,1-2H3,(H,32,33)(H,35,36)/p-1. The molecule has 0 aliphatic carbocycles. The lowest BCUT2D eigenvalue weighted by molar-refractivity contribution is -0.257. The molecule has 1 aromatic carbocycles. The summed E-state index contributed by atoms with van der Waals surface area (Å²) < 4.78 is 39.3. The first-order chi connectivity index (χ1) is 19.2. The molecule has 0 saturated carbocycles. The van der Waals surface area contributed by atoms with Crippen molar-refractivity contribution in [2.75, 3.05) is 24.6 Å². The van der Waals surface area contributed by atoms with Gasteiger partial charge in [-0.25, -0.2) is 18.6 Å². The molecular formula is C26H23ClF2N5O5S-. The highest BCUT2D eigenvalue weighted by Crippen LogP contribution is 2.41. The van der Waals surface area contributed by atoms with Crippen molar-refractivity contribution in [1.29, 1.82) is 0 Å². The van der Waals surface area contributed by atoms with Crippen LogP contribution in [0.25, 0.3) is 0 Å². The van der Waals surface area contributed by atoms with Crippen LogP contribution in [0.3, 0.4) is 0 Å². The predicted octanol–water partition coefficient (Wildman–Crippen LogP) is 3.56. The van der Waals surface area contributed by atoms with Crippen LogP contribution in [0.5, 0.6) is 0 Å². The highest BCUT2D eigenvalue weighted by atomic mass is 35.5. The van der Waals surface area contributed by atoms with Crippen molar-refractivity contribution in [2.24, 2.45) is 10.9 Å². The molecule has 5 rings (SSSR count). The third-order valence-electron chi connectivity index (χ3n) is 6.71. The van der Waals surface area contributed by atoms with Gasteiger partial charge in [-0.1, -0.05) is 17.7 Å². The molecule has 4 heterocycles. The number of amidine groups is 1. The minimum atomic E-state index is -1.45. The van der Waals surface area contributed by atoms with E-state index >= 15 is 0 Å². The van der Waals surface area contributed by atoms with Gasteiger partial charge in [0, 0.05) is 41.8 Å². The average Bonchev–Trinajstić information content (AvgIpc) is 3.62. The zero-order chi connectivity index (χ0) is 28.6. The van der Waals surface area contributed by atoms with Gasteiger partial charge in [-0.15, -0.1) is 11.3 Å². The van der Waals surface area contributed by atoms with Crippen molar-refractivity contribution in [3.8, 4) is 0 Å². The Balaban J connectivity index is 1.54. The Hall–Kier alpha value is -3.84. The fraction of sp³-hybridized carbons (Fsp3) is 0.346. The molecule has 1 N–H and O–H groups in total. The Morgan fingerprint density at radius 1 is 1.30 bits per heavy atom. The zero-order valence-corrected chi connectivity index (χ0v) is 22.9. The maximum atomic E-state index is 14.6. The van der Waals surface area contributed by atoms with Gasteiger partial charge in [-0.3, -0.25) is 4.99 Å². The van der Waals surface area contributed by atoms with E-state index in [4.69, 9.17) is 20.8 Å². The number of aryl methyl sites for hydroxylation is 1. The number of nitrogens with one attached hydrogen (secondary N) is 1. The van der Waals surface area contributed by atoms with E-state index in [2.05, 4.69) is 20.3 Å². The first-order valence-electron chi connectivity index (χ1n) is 12.4. The fourth-order valence-corrected chi connectivity index (χ4v) is 5.66. The monoisotopic (exact) mass is 590 g/mol. The van der Waals surface area contributed by atoms with Gasteiger partial charge in [-0.05, 0) is 32.8 Å². The van der Waals surface area contributed by atoms with Gasteiger partial charge in [0.1, 0.15) is 12.0 Å². The van der Waals surface area contributed by atoms with Crippen molar-refractivity contribution in [3.63, 3.8) is 0 Å². The molecule has 2 aromatic heterocycles. The molecule has 14 heteroatoms. The summed E-state index contributed by atoms with van der Waals surface area (Å²) in [5.41, 5.74) is 0.982. The van der Waals surface area contributed by atoms with Gasteiger partial charge in [0.2, 0.25) is 0 Å². The molecule has 3 aromatic rings. The van der Waals surface area contributed by atoms with Gasteiger partial charge in [-0.2, -0.15) is 4.98 Å². The summed E-state index contributed by atoms with van der Waals surface area (Å²) in [6, 6.07) is 1.33. The Bertz CT molecular complexity index is 1520. The number of anilines is 1. The van der Waals surface area contributed by atoms with E-state index in [1.807, 2.05) is 4.90 Å². The van der Waals surface area contributed by atoms with Crippen molar-refractivity contribution >= 4 is 46.7 Å². The summed E-state index contributed by atoms with van der Waals surface area (Å²) in [5.74, 6) is -4.66. The molecule has 1 saturated heterocycles. The molecule has 1 atom stereocenters. The number of ether oxygens (including phenoxy) is 1. The average molecular weight is 591 g/mol. The second-order valence-corrected chi connectivity index (χ2v) is 10.4. The van der Waals surface area contributed by atoms with Crippen LogP contribution >= 0.6 is 22.9 Å². The van der Waals surface area contributed by atoms with Crippen LogP contribution in [0.2, 0.25) is 5.02 Å². The maximum Gasteiger partial charge on any atom is 0.338 e. The minimum Gasteiger partial charge on any atom is -0.541 e. The quantitative estimate of drug-likeness (QED) is 0.324. The number of nitrogens with zero attached hydrogens (tertiary/aromatic N) is 4. The number of aliphatic imine (C=N–C) groups is 1. The molecule has 2 aliphatic heterocycles. The number of carbonyl (C=O) groups is 2.